The highest BCUT2D eigenvalue weighted by Gasteiger charge is 2.14. The van der Waals surface area contributed by atoms with Crippen LogP contribution in [0.25, 0.3) is 0 Å². The van der Waals surface area contributed by atoms with Gasteiger partial charge in [-0.05, 0) is 43.3 Å². The van der Waals surface area contributed by atoms with Crippen LogP contribution in [0.5, 0.6) is 5.75 Å². The van der Waals surface area contributed by atoms with Crippen molar-refractivity contribution in [1.82, 2.24) is 0 Å². The molecular weight excluding hydrogens is 317 g/mol. The van der Waals surface area contributed by atoms with Gasteiger partial charge in [0.2, 0.25) is 11.7 Å². The molecule has 0 heterocycles. The van der Waals surface area contributed by atoms with Crippen molar-refractivity contribution in [1.29, 1.82) is 0 Å². The van der Waals surface area contributed by atoms with Crippen molar-refractivity contribution in [2.75, 3.05) is 23.8 Å². The summed E-state index contributed by atoms with van der Waals surface area (Å²) in [5.74, 6) is -0.567. The normalized spacial score (nSPS) is 10.1. The largest absolute Gasteiger partial charge is 0.494 e. The number of nitrogens with zero attached hydrogens (tertiary/aromatic N) is 1. The van der Waals surface area contributed by atoms with E-state index in [4.69, 9.17) is 4.74 Å². The maximum atomic E-state index is 13.2. The van der Waals surface area contributed by atoms with Gasteiger partial charge in [0.25, 0.3) is 0 Å². The first kappa shape index (κ1) is 17.2. The van der Waals surface area contributed by atoms with Gasteiger partial charge in [-0.3, -0.25) is 14.9 Å². The lowest BCUT2D eigenvalue weighted by Crippen LogP contribution is -2.21. The number of rotatable bonds is 7. The maximum Gasteiger partial charge on any atom is 0.306 e. The Labute approximate surface area is 137 Å². The minimum Gasteiger partial charge on any atom is -0.494 e. The monoisotopic (exact) mass is 333 g/mol. The molecule has 0 aliphatic rings. The third kappa shape index (κ3) is 4.67. The van der Waals surface area contributed by atoms with Crippen LogP contribution in [0.2, 0.25) is 0 Å². The second-order valence-corrected chi connectivity index (χ2v) is 4.78. The summed E-state index contributed by atoms with van der Waals surface area (Å²) in [5.41, 5.74) is 0.229. The molecule has 0 unspecified atom stereocenters. The highest BCUT2D eigenvalue weighted by Crippen LogP contribution is 2.21. The zero-order valence-corrected chi connectivity index (χ0v) is 12.9. The number of benzene rings is 2. The molecule has 0 atom stereocenters. The first-order valence-corrected chi connectivity index (χ1v) is 7.20. The number of ether oxygens (including phenoxy) is 1. The van der Waals surface area contributed by atoms with E-state index in [0.29, 0.717) is 18.0 Å². The molecule has 24 heavy (non-hydrogen) atoms. The number of halogens is 1. The lowest BCUT2D eigenvalue weighted by molar-refractivity contribution is -0.387. The van der Waals surface area contributed by atoms with Gasteiger partial charge in [-0.25, -0.2) is 0 Å². The minimum atomic E-state index is -0.926. The molecule has 8 heteroatoms. The van der Waals surface area contributed by atoms with Gasteiger partial charge in [-0.1, -0.05) is 0 Å². The standard InChI is InChI=1S/C16H16FN3O4/c1-2-24-13-6-3-11(4-7-13)19-16(21)10-18-12-5-8-14(17)15(9-12)20(22)23/h3-9,18H,2,10H2,1H3,(H,19,21). The molecule has 0 saturated heterocycles. The molecule has 0 aliphatic carbocycles. The Morgan fingerprint density at radius 3 is 2.50 bits per heavy atom. The Morgan fingerprint density at radius 1 is 1.21 bits per heavy atom. The minimum absolute atomic E-state index is 0.115. The summed E-state index contributed by atoms with van der Waals surface area (Å²) in [5, 5.41) is 16.1. The summed E-state index contributed by atoms with van der Waals surface area (Å²) >= 11 is 0. The number of carbonyl (C=O) groups excluding carboxylic acids is 1. The van der Waals surface area contributed by atoms with Crippen molar-refractivity contribution in [3.05, 3.63) is 58.4 Å². The number of anilines is 2. The summed E-state index contributed by atoms with van der Waals surface area (Å²) in [6.07, 6.45) is 0. The van der Waals surface area contributed by atoms with Gasteiger partial charge in [-0.15, -0.1) is 0 Å². The van der Waals surface area contributed by atoms with E-state index in [2.05, 4.69) is 10.6 Å². The van der Waals surface area contributed by atoms with Gasteiger partial charge >= 0.3 is 5.69 Å². The topological polar surface area (TPSA) is 93.5 Å². The fraction of sp³-hybridized carbons (Fsp3) is 0.188. The number of amides is 1. The van der Waals surface area contributed by atoms with Crippen molar-refractivity contribution in [2.45, 2.75) is 6.92 Å². The predicted octanol–water partition coefficient (Wildman–Crippen LogP) is 3.18. The molecular formula is C16H16FN3O4. The van der Waals surface area contributed by atoms with Crippen LogP contribution in [0.4, 0.5) is 21.5 Å². The molecule has 1 amide bonds. The molecule has 0 aromatic heterocycles. The molecule has 0 radical (unpaired) electrons. The molecule has 0 bridgehead atoms. The molecule has 0 saturated carbocycles. The van der Waals surface area contributed by atoms with Crippen LogP contribution in [-0.4, -0.2) is 24.0 Å². The van der Waals surface area contributed by atoms with Crippen LogP contribution in [-0.2, 0) is 4.79 Å². The van der Waals surface area contributed by atoms with Crippen LogP contribution < -0.4 is 15.4 Å². The summed E-state index contributed by atoms with van der Waals surface area (Å²) in [7, 11) is 0. The summed E-state index contributed by atoms with van der Waals surface area (Å²) < 4.78 is 18.5. The number of nitrogens with one attached hydrogen (secondary N) is 2. The number of hydrogen-bond acceptors (Lipinski definition) is 5. The van der Waals surface area contributed by atoms with Crippen LogP contribution in [0.15, 0.2) is 42.5 Å². The van der Waals surface area contributed by atoms with Crippen LogP contribution in [0.1, 0.15) is 6.92 Å². The van der Waals surface area contributed by atoms with Crippen molar-refractivity contribution in [3.8, 4) is 5.75 Å². The number of hydrogen-bond donors (Lipinski definition) is 2. The molecule has 0 fully saturated rings. The van der Waals surface area contributed by atoms with Crippen LogP contribution in [0, 0.1) is 15.9 Å². The number of nitro benzene ring substituents is 1. The van der Waals surface area contributed by atoms with Crippen LogP contribution in [0.3, 0.4) is 0 Å². The maximum absolute atomic E-state index is 13.2. The fourth-order valence-corrected chi connectivity index (χ4v) is 1.95. The molecule has 2 aromatic carbocycles. The Kier molecular flexibility index (Phi) is 5.67. The highest BCUT2D eigenvalue weighted by molar-refractivity contribution is 5.93. The first-order valence-electron chi connectivity index (χ1n) is 7.20. The highest BCUT2D eigenvalue weighted by atomic mass is 19.1. The van der Waals surface area contributed by atoms with Gasteiger partial charge in [0.05, 0.1) is 18.1 Å². The zero-order valence-electron chi connectivity index (χ0n) is 12.9. The van der Waals surface area contributed by atoms with Crippen molar-refractivity contribution >= 4 is 23.0 Å². The SMILES string of the molecule is CCOc1ccc(NC(=O)CNc2ccc(F)c([N+](=O)[O-])c2)cc1. The first-order chi connectivity index (χ1) is 11.5. The molecule has 0 aliphatic heterocycles. The average Bonchev–Trinajstić information content (AvgIpc) is 2.56. The van der Waals surface area contributed by atoms with E-state index in [9.17, 15) is 19.3 Å². The summed E-state index contributed by atoms with van der Waals surface area (Å²) in [4.78, 5) is 21.7. The molecule has 2 N–H and O–H groups in total. The van der Waals surface area contributed by atoms with E-state index in [1.807, 2.05) is 6.92 Å². The van der Waals surface area contributed by atoms with Gasteiger partial charge < -0.3 is 15.4 Å². The lowest BCUT2D eigenvalue weighted by Gasteiger charge is -2.09. The Morgan fingerprint density at radius 2 is 1.88 bits per heavy atom. The number of carbonyl (C=O) groups is 1. The Balaban J connectivity index is 1.91. The molecule has 2 rings (SSSR count). The van der Waals surface area contributed by atoms with E-state index in [1.54, 1.807) is 24.3 Å². The Bertz CT molecular complexity index is 735. The Hall–Kier alpha value is -3.16. The van der Waals surface area contributed by atoms with Gasteiger partial charge in [-0.2, -0.15) is 4.39 Å². The van der Waals surface area contributed by atoms with Gasteiger partial charge in [0.15, 0.2) is 0 Å². The van der Waals surface area contributed by atoms with E-state index in [-0.39, 0.29) is 18.1 Å². The fourth-order valence-electron chi connectivity index (χ4n) is 1.95. The van der Waals surface area contributed by atoms with Gasteiger partial charge in [0, 0.05) is 17.4 Å². The average molecular weight is 333 g/mol. The zero-order chi connectivity index (χ0) is 17.5. The van der Waals surface area contributed by atoms with E-state index in [0.717, 1.165) is 12.1 Å². The van der Waals surface area contributed by atoms with Crippen LogP contribution >= 0.6 is 0 Å². The third-order valence-electron chi connectivity index (χ3n) is 3.04. The molecule has 126 valence electrons. The quantitative estimate of drug-likeness (QED) is 0.599. The van der Waals surface area contributed by atoms with Crippen molar-refractivity contribution in [2.24, 2.45) is 0 Å². The summed E-state index contributed by atoms with van der Waals surface area (Å²) in [6, 6.07) is 10.2. The predicted molar refractivity (Wildman–Crippen MR) is 87.8 cm³/mol. The van der Waals surface area contributed by atoms with Gasteiger partial charge in [0.1, 0.15) is 5.75 Å². The number of nitro groups is 1. The summed E-state index contributed by atoms with van der Waals surface area (Å²) in [6.45, 7) is 2.32. The van der Waals surface area contributed by atoms with E-state index >= 15 is 0 Å². The lowest BCUT2D eigenvalue weighted by atomic mass is 10.2. The molecule has 7 nitrogen and oxygen atoms in total. The van der Waals surface area contributed by atoms with Crippen molar-refractivity contribution < 1.29 is 18.8 Å². The third-order valence-corrected chi connectivity index (χ3v) is 3.04. The van der Waals surface area contributed by atoms with E-state index in [1.165, 1.54) is 6.07 Å². The van der Waals surface area contributed by atoms with Crippen molar-refractivity contribution in [3.63, 3.8) is 0 Å². The smallest absolute Gasteiger partial charge is 0.306 e. The van der Waals surface area contributed by atoms with E-state index < -0.39 is 16.4 Å². The molecule has 0 spiro atoms. The second kappa shape index (κ2) is 7.91. The molecule has 2 aromatic rings. The second-order valence-electron chi connectivity index (χ2n) is 4.78.